The first-order chi connectivity index (χ1) is 9.65. The summed E-state index contributed by atoms with van der Waals surface area (Å²) in [6.07, 6.45) is 2.55. The number of rotatable bonds is 3. The predicted octanol–water partition coefficient (Wildman–Crippen LogP) is 0.692. The molecule has 1 aromatic heterocycles. The first kappa shape index (κ1) is 12.8. The maximum atomic E-state index is 11.7. The van der Waals surface area contributed by atoms with E-state index in [4.69, 9.17) is 9.47 Å². The van der Waals surface area contributed by atoms with Crippen molar-refractivity contribution in [3.05, 3.63) is 46.6 Å². The van der Waals surface area contributed by atoms with E-state index in [0.29, 0.717) is 30.3 Å². The summed E-state index contributed by atoms with van der Waals surface area (Å²) in [5.74, 6) is 1.32. The molecule has 0 radical (unpaired) electrons. The molecule has 0 saturated heterocycles. The second kappa shape index (κ2) is 5.05. The summed E-state index contributed by atoms with van der Waals surface area (Å²) >= 11 is 0. The van der Waals surface area contributed by atoms with Gasteiger partial charge in [0.05, 0.1) is 12.6 Å². The molecule has 0 spiro atoms. The van der Waals surface area contributed by atoms with Gasteiger partial charge < -0.3 is 19.1 Å². The highest BCUT2D eigenvalue weighted by atomic mass is 16.6. The van der Waals surface area contributed by atoms with Gasteiger partial charge in [-0.2, -0.15) is 0 Å². The van der Waals surface area contributed by atoms with Gasteiger partial charge in [0.25, 0.3) is 0 Å². The molecular weight excluding hydrogens is 260 g/mol. The zero-order chi connectivity index (χ0) is 14.1. The average Bonchev–Trinajstić information content (AvgIpc) is 2.78. The van der Waals surface area contributed by atoms with Gasteiger partial charge in [0.2, 0.25) is 0 Å². The van der Waals surface area contributed by atoms with E-state index in [2.05, 4.69) is 0 Å². The number of imidazole rings is 1. The second-order valence-corrected chi connectivity index (χ2v) is 4.76. The van der Waals surface area contributed by atoms with Crippen molar-refractivity contribution in [3.63, 3.8) is 0 Å². The van der Waals surface area contributed by atoms with Crippen molar-refractivity contribution in [2.75, 3.05) is 13.2 Å². The fourth-order valence-corrected chi connectivity index (χ4v) is 2.21. The van der Waals surface area contributed by atoms with Crippen LogP contribution in [0.25, 0.3) is 0 Å². The van der Waals surface area contributed by atoms with E-state index >= 15 is 0 Å². The number of hydrogen-bond acceptors (Lipinski definition) is 4. The molecule has 0 amide bonds. The summed E-state index contributed by atoms with van der Waals surface area (Å²) in [5, 5.41) is 10.2. The molecule has 6 heteroatoms. The highest BCUT2D eigenvalue weighted by molar-refractivity contribution is 5.44. The van der Waals surface area contributed by atoms with Gasteiger partial charge in [-0.15, -0.1) is 0 Å². The van der Waals surface area contributed by atoms with E-state index in [1.165, 1.54) is 9.13 Å². The van der Waals surface area contributed by atoms with Gasteiger partial charge in [0.15, 0.2) is 11.5 Å². The molecule has 0 saturated carbocycles. The Bertz CT molecular complexity index is 674. The van der Waals surface area contributed by atoms with Crippen LogP contribution in [0, 0.1) is 0 Å². The topological polar surface area (TPSA) is 65.6 Å². The van der Waals surface area contributed by atoms with Crippen molar-refractivity contribution in [3.8, 4) is 11.5 Å². The van der Waals surface area contributed by atoms with E-state index in [9.17, 15) is 9.90 Å². The molecule has 0 bridgehead atoms. The second-order valence-electron chi connectivity index (χ2n) is 4.76. The zero-order valence-electron chi connectivity index (χ0n) is 11.2. The van der Waals surface area contributed by atoms with Crippen LogP contribution in [0.5, 0.6) is 11.5 Å². The molecule has 3 rings (SSSR count). The number of benzene rings is 1. The molecule has 6 nitrogen and oxygen atoms in total. The van der Waals surface area contributed by atoms with E-state index in [1.54, 1.807) is 37.6 Å². The minimum Gasteiger partial charge on any atom is -0.486 e. The van der Waals surface area contributed by atoms with Gasteiger partial charge in [-0.25, -0.2) is 4.79 Å². The standard InChI is InChI=1S/C14H16N2O4/c1-15-4-5-16(14(15)18)9-11(17)10-2-3-12-13(8-10)20-7-6-19-12/h2-5,8,11,17H,6-7,9H2,1H3. The molecule has 20 heavy (non-hydrogen) atoms. The Morgan fingerprint density at radius 2 is 2.00 bits per heavy atom. The number of nitrogens with zero attached hydrogens (tertiary/aromatic N) is 2. The fraction of sp³-hybridized carbons (Fsp3) is 0.357. The summed E-state index contributed by atoms with van der Waals surface area (Å²) in [6.45, 7) is 1.25. The lowest BCUT2D eigenvalue weighted by atomic mass is 10.1. The van der Waals surface area contributed by atoms with Crippen LogP contribution in [0.4, 0.5) is 0 Å². The monoisotopic (exact) mass is 276 g/mol. The molecule has 106 valence electrons. The Morgan fingerprint density at radius 3 is 2.70 bits per heavy atom. The van der Waals surface area contributed by atoms with Crippen molar-refractivity contribution in [1.82, 2.24) is 9.13 Å². The third kappa shape index (κ3) is 2.30. The van der Waals surface area contributed by atoms with E-state index in [0.717, 1.165) is 0 Å². The van der Waals surface area contributed by atoms with Crippen molar-refractivity contribution in [1.29, 1.82) is 0 Å². The third-order valence-corrected chi connectivity index (χ3v) is 3.34. The maximum absolute atomic E-state index is 11.7. The molecule has 1 unspecified atom stereocenters. The van der Waals surface area contributed by atoms with Crippen LogP contribution < -0.4 is 15.2 Å². The number of aromatic nitrogens is 2. The van der Waals surface area contributed by atoms with Crippen LogP contribution in [0.3, 0.4) is 0 Å². The lowest BCUT2D eigenvalue weighted by Gasteiger charge is -2.20. The molecule has 2 heterocycles. The average molecular weight is 276 g/mol. The van der Waals surface area contributed by atoms with Crippen LogP contribution in [-0.4, -0.2) is 27.5 Å². The van der Waals surface area contributed by atoms with Crippen LogP contribution >= 0.6 is 0 Å². The van der Waals surface area contributed by atoms with Crippen LogP contribution in [0.1, 0.15) is 11.7 Å². The quantitative estimate of drug-likeness (QED) is 0.896. The van der Waals surface area contributed by atoms with Crippen molar-refractivity contribution < 1.29 is 14.6 Å². The van der Waals surface area contributed by atoms with E-state index < -0.39 is 6.10 Å². The molecule has 1 atom stereocenters. The molecule has 1 N–H and O–H groups in total. The Morgan fingerprint density at radius 1 is 1.25 bits per heavy atom. The first-order valence-corrected chi connectivity index (χ1v) is 6.44. The maximum Gasteiger partial charge on any atom is 0.327 e. The summed E-state index contributed by atoms with van der Waals surface area (Å²) in [4.78, 5) is 11.7. The Hall–Kier alpha value is -2.21. The molecular formula is C14H16N2O4. The zero-order valence-corrected chi connectivity index (χ0v) is 11.2. The molecule has 1 aliphatic heterocycles. The van der Waals surface area contributed by atoms with E-state index in [-0.39, 0.29) is 12.2 Å². The highest BCUT2D eigenvalue weighted by Crippen LogP contribution is 2.32. The fourth-order valence-electron chi connectivity index (χ4n) is 2.21. The number of aliphatic hydroxyl groups is 1. The minimum atomic E-state index is -0.772. The van der Waals surface area contributed by atoms with Gasteiger partial charge in [-0.3, -0.25) is 4.57 Å². The lowest BCUT2D eigenvalue weighted by molar-refractivity contribution is 0.150. The predicted molar refractivity (Wildman–Crippen MR) is 72.1 cm³/mol. The summed E-state index contributed by atoms with van der Waals surface area (Å²) in [7, 11) is 1.68. The third-order valence-electron chi connectivity index (χ3n) is 3.34. The lowest BCUT2D eigenvalue weighted by Crippen LogP contribution is -2.24. The summed E-state index contributed by atoms with van der Waals surface area (Å²) in [6, 6.07) is 5.32. The molecule has 2 aromatic rings. The number of hydrogen-bond donors (Lipinski definition) is 1. The van der Waals surface area contributed by atoms with Gasteiger partial charge in [0, 0.05) is 19.4 Å². The Balaban J connectivity index is 1.82. The van der Waals surface area contributed by atoms with Crippen molar-refractivity contribution in [2.45, 2.75) is 12.6 Å². The smallest absolute Gasteiger partial charge is 0.327 e. The first-order valence-electron chi connectivity index (χ1n) is 6.44. The van der Waals surface area contributed by atoms with Crippen LogP contribution in [0.2, 0.25) is 0 Å². The van der Waals surface area contributed by atoms with E-state index in [1.807, 2.05) is 0 Å². The van der Waals surface area contributed by atoms with Crippen molar-refractivity contribution in [2.24, 2.45) is 7.05 Å². The van der Waals surface area contributed by atoms with Crippen LogP contribution in [-0.2, 0) is 13.6 Å². The number of ether oxygens (including phenoxy) is 2. The molecule has 0 aliphatic carbocycles. The number of aryl methyl sites for hydroxylation is 1. The molecule has 1 aliphatic rings. The minimum absolute atomic E-state index is 0.151. The van der Waals surface area contributed by atoms with Gasteiger partial charge >= 0.3 is 5.69 Å². The summed E-state index contributed by atoms with van der Waals surface area (Å²) in [5.41, 5.74) is 0.548. The molecule has 1 aromatic carbocycles. The van der Waals surface area contributed by atoms with Crippen LogP contribution in [0.15, 0.2) is 35.4 Å². The Kier molecular flexibility index (Phi) is 3.23. The van der Waals surface area contributed by atoms with Gasteiger partial charge in [-0.1, -0.05) is 6.07 Å². The normalized spacial score (nSPS) is 15.1. The Labute approximate surface area is 115 Å². The van der Waals surface area contributed by atoms with Gasteiger partial charge in [0.1, 0.15) is 13.2 Å². The highest BCUT2D eigenvalue weighted by Gasteiger charge is 2.16. The van der Waals surface area contributed by atoms with Gasteiger partial charge in [-0.05, 0) is 17.7 Å². The number of aliphatic hydroxyl groups excluding tert-OH is 1. The molecule has 0 fully saturated rings. The van der Waals surface area contributed by atoms with Crippen molar-refractivity contribution >= 4 is 0 Å². The number of fused-ring (bicyclic) bond motifs is 1. The largest absolute Gasteiger partial charge is 0.486 e. The SMILES string of the molecule is Cn1ccn(CC(O)c2ccc3c(c2)OCCO3)c1=O. The summed E-state index contributed by atoms with van der Waals surface area (Å²) < 4.78 is 13.9.